The molecule has 0 saturated carbocycles. The van der Waals surface area contributed by atoms with Gasteiger partial charge in [-0.05, 0) is 0 Å². The van der Waals surface area contributed by atoms with E-state index in [1.54, 1.807) is 4.90 Å². The van der Waals surface area contributed by atoms with Crippen LogP contribution in [0, 0.1) is 11.3 Å². The number of amides is 1. The molecule has 0 radical (unpaired) electrons. The van der Waals surface area contributed by atoms with Crippen LogP contribution < -0.4 is 5.73 Å². The highest BCUT2D eigenvalue weighted by Gasteiger charge is 2.16. The molecular formula is C7H10N4O. The van der Waals surface area contributed by atoms with Crippen LogP contribution in [0.3, 0.4) is 0 Å². The van der Waals surface area contributed by atoms with Crippen LogP contribution in [0.4, 0.5) is 0 Å². The fourth-order valence-electron chi connectivity index (χ4n) is 1.01. The zero-order valence-electron chi connectivity index (χ0n) is 6.66. The molecular weight excluding hydrogens is 156 g/mol. The summed E-state index contributed by atoms with van der Waals surface area (Å²) in [5, 5.41) is 8.31. The Morgan fingerprint density at radius 2 is 2.50 bits per heavy atom. The molecule has 2 N–H and O–H groups in total. The third-order valence-electron chi connectivity index (χ3n) is 1.65. The first-order valence-electron chi connectivity index (χ1n) is 3.73. The van der Waals surface area contributed by atoms with Crippen LogP contribution in [0.15, 0.2) is 4.99 Å². The van der Waals surface area contributed by atoms with Gasteiger partial charge in [0.15, 0.2) is 5.96 Å². The molecule has 0 spiro atoms. The molecule has 0 aromatic rings. The average molecular weight is 166 g/mol. The highest BCUT2D eigenvalue weighted by atomic mass is 16.1. The van der Waals surface area contributed by atoms with Gasteiger partial charge in [-0.1, -0.05) is 0 Å². The smallest absolute Gasteiger partial charge is 0.250 e. The van der Waals surface area contributed by atoms with Crippen LogP contribution in [0.5, 0.6) is 0 Å². The largest absolute Gasteiger partial charge is 0.369 e. The standard InChI is InChI=1S/C7H10N4O/c8-3-1-4-11-5-2-6(12)10-7(11)9/h1-2,4-5H2,(H2,9,10,12). The van der Waals surface area contributed by atoms with Gasteiger partial charge in [0.25, 0.3) is 5.91 Å². The lowest BCUT2D eigenvalue weighted by Crippen LogP contribution is -2.42. The number of nitriles is 1. The fourth-order valence-corrected chi connectivity index (χ4v) is 1.01. The van der Waals surface area contributed by atoms with E-state index >= 15 is 0 Å². The maximum absolute atomic E-state index is 10.7. The Labute approximate surface area is 70.5 Å². The highest BCUT2D eigenvalue weighted by Crippen LogP contribution is 2.01. The number of rotatable bonds is 2. The SMILES string of the molecule is N#CCCN1CCC(=O)N=C1N. The molecule has 0 atom stereocenters. The van der Waals surface area contributed by atoms with E-state index in [0.29, 0.717) is 25.9 Å². The summed E-state index contributed by atoms with van der Waals surface area (Å²) in [4.78, 5) is 16.1. The van der Waals surface area contributed by atoms with Crippen molar-refractivity contribution in [1.82, 2.24) is 4.90 Å². The summed E-state index contributed by atoms with van der Waals surface area (Å²) in [7, 11) is 0. The zero-order valence-corrected chi connectivity index (χ0v) is 6.66. The fraction of sp³-hybridized carbons (Fsp3) is 0.571. The van der Waals surface area contributed by atoms with E-state index in [2.05, 4.69) is 4.99 Å². The lowest BCUT2D eigenvalue weighted by atomic mass is 10.3. The van der Waals surface area contributed by atoms with Gasteiger partial charge in [0, 0.05) is 19.5 Å². The van der Waals surface area contributed by atoms with E-state index in [1.807, 2.05) is 6.07 Å². The molecule has 1 rings (SSSR count). The van der Waals surface area contributed by atoms with Crippen molar-refractivity contribution < 1.29 is 4.79 Å². The Kier molecular flexibility index (Phi) is 2.64. The molecule has 1 heterocycles. The lowest BCUT2D eigenvalue weighted by molar-refractivity contribution is -0.118. The van der Waals surface area contributed by atoms with Crippen LogP contribution in [0.1, 0.15) is 12.8 Å². The second kappa shape index (κ2) is 3.72. The van der Waals surface area contributed by atoms with Crippen molar-refractivity contribution in [3.63, 3.8) is 0 Å². The number of aliphatic imine (C=N–C) groups is 1. The van der Waals surface area contributed by atoms with Crippen molar-refractivity contribution in [3.8, 4) is 6.07 Å². The Hall–Kier alpha value is -1.57. The Morgan fingerprint density at radius 3 is 3.08 bits per heavy atom. The van der Waals surface area contributed by atoms with Gasteiger partial charge in [0.1, 0.15) is 0 Å². The van der Waals surface area contributed by atoms with Crippen LogP contribution in [-0.2, 0) is 4.79 Å². The summed E-state index contributed by atoms with van der Waals surface area (Å²) in [5.41, 5.74) is 5.46. The minimum absolute atomic E-state index is 0.180. The summed E-state index contributed by atoms with van der Waals surface area (Å²) >= 11 is 0. The first-order chi connectivity index (χ1) is 5.74. The van der Waals surface area contributed by atoms with Crippen molar-refractivity contribution in [2.45, 2.75) is 12.8 Å². The molecule has 0 fully saturated rings. The van der Waals surface area contributed by atoms with E-state index in [4.69, 9.17) is 11.0 Å². The topological polar surface area (TPSA) is 82.5 Å². The van der Waals surface area contributed by atoms with E-state index in [9.17, 15) is 4.79 Å². The Bertz CT molecular complexity index is 253. The van der Waals surface area contributed by atoms with Crippen molar-refractivity contribution in [1.29, 1.82) is 5.26 Å². The third-order valence-corrected chi connectivity index (χ3v) is 1.65. The quantitative estimate of drug-likeness (QED) is 0.596. The molecule has 0 aromatic carbocycles. The predicted molar refractivity (Wildman–Crippen MR) is 43.0 cm³/mol. The van der Waals surface area contributed by atoms with Crippen LogP contribution >= 0.6 is 0 Å². The van der Waals surface area contributed by atoms with Gasteiger partial charge >= 0.3 is 0 Å². The summed E-state index contributed by atoms with van der Waals surface area (Å²) < 4.78 is 0. The van der Waals surface area contributed by atoms with Gasteiger partial charge < -0.3 is 10.6 Å². The van der Waals surface area contributed by atoms with Gasteiger partial charge in [-0.3, -0.25) is 4.79 Å². The molecule has 12 heavy (non-hydrogen) atoms. The molecule has 1 amide bonds. The second-order valence-corrected chi connectivity index (χ2v) is 2.51. The number of hydrogen-bond acceptors (Lipinski definition) is 4. The second-order valence-electron chi connectivity index (χ2n) is 2.51. The summed E-state index contributed by atoms with van der Waals surface area (Å²) in [5.74, 6) is 0.0576. The number of carbonyl (C=O) groups excluding carboxylic acids is 1. The van der Waals surface area contributed by atoms with Crippen molar-refractivity contribution in [2.75, 3.05) is 13.1 Å². The normalized spacial score (nSPS) is 17.1. The summed E-state index contributed by atoms with van der Waals surface area (Å²) in [6.45, 7) is 1.13. The Morgan fingerprint density at radius 1 is 1.75 bits per heavy atom. The molecule has 0 aliphatic carbocycles. The molecule has 64 valence electrons. The van der Waals surface area contributed by atoms with Crippen LogP contribution in [0.2, 0.25) is 0 Å². The monoisotopic (exact) mass is 166 g/mol. The maximum atomic E-state index is 10.7. The molecule has 1 aliphatic rings. The Balaban J connectivity index is 2.52. The van der Waals surface area contributed by atoms with Gasteiger partial charge in [0.2, 0.25) is 0 Å². The molecule has 0 saturated heterocycles. The van der Waals surface area contributed by atoms with Gasteiger partial charge in [-0.15, -0.1) is 0 Å². The van der Waals surface area contributed by atoms with Crippen LogP contribution in [-0.4, -0.2) is 29.9 Å². The highest BCUT2D eigenvalue weighted by molar-refractivity contribution is 5.94. The molecule has 0 aromatic heterocycles. The van der Waals surface area contributed by atoms with Crippen LogP contribution in [0.25, 0.3) is 0 Å². The third kappa shape index (κ3) is 1.95. The summed E-state index contributed by atoms with van der Waals surface area (Å²) in [6.07, 6.45) is 0.802. The van der Waals surface area contributed by atoms with Crippen molar-refractivity contribution in [3.05, 3.63) is 0 Å². The predicted octanol–water partition coefficient (Wildman–Crippen LogP) is -0.553. The van der Waals surface area contributed by atoms with E-state index in [-0.39, 0.29) is 11.9 Å². The van der Waals surface area contributed by atoms with Crippen molar-refractivity contribution in [2.24, 2.45) is 10.7 Å². The van der Waals surface area contributed by atoms with E-state index in [1.165, 1.54) is 0 Å². The zero-order chi connectivity index (χ0) is 8.97. The van der Waals surface area contributed by atoms with Gasteiger partial charge in [-0.25, -0.2) is 0 Å². The maximum Gasteiger partial charge on any atom is 0.250 e. The molecule has 1 aliphatic heterocycles. The minimum atomic E-state index is -0.180. The molecule has 0 bridgehead atoms. The lowest BCUT2D eigenvalue weighted by Gasteiger charge is -2.24. The number of guanidine groups is 1. The number of nitrogens with two attached hydrogens (primary N) is 1. The van der Waals surface area contributed by atoms with Gasteiger partial charge in [0.05, 0.1) is 12.5 Å². The summed E-state index contributed by atoms with van der Waals surface area (Å²) in [6, 6.07) is 2.01. The molecule has 0 unspecified atom stereocenters. The minimum Gasteiger partial charge on any atom is -0.369 e. The van der Waals surface area contributed by atoms with Crippen molar-refractivity contribution >= 4 is 11.9 Å². The van der Waals surface area contributed by atoms with E-state index < -0.39 is 0 Å². The first-order valence-corrected chi connectivity index (χ1v) is 3.73. The number of carbonyl (C=O) groups is 1. The first kappa shape index (κ1) is 8.53. The van der Waals surface area contributed by atoms with E-state index in [0.717, 1.165) is 0 Å². The number of nitrogens with zero attached hydrogens (tertiary/aromatic N) is 3. The number of hydrogen-bond donors (Lipinski definition) is 1. The van der Waals surface area contributed by atoms with Gasteiger partial charge in [-0.2, -0.15) is 10.3 Å². The molecule has 5 heteroatoms. The molecule has 5 nitrogen and oxygen atoms in total. The average Bonchev–Trinajstić information content (AvgIpc) is 2.03.